The fourth-order valence-electron chi connectivity index (χ4n) is 3.48. The van der Waals surface area contributed by atoms with Gasteiger partial charge in [0, 0.05) is 23.5 Å². The first-order valence-electron chi connectivity index (χ1n) is 7.78. The summed E-state index contributed by atoms with van der Waals surface area (Å²) in [4.78, 5) is 15.9. The molecular formula is C15H22N2O3S2. The summed E-state index contributed by atoms with van der Waals surface area (Å²) in [5.74, 6) is 0.224. The van der Waals surface area contributed by atoms with E-state index in [9.17, 15) is 13.2 Å². The molecule has 0 spiro atoms. The molecule has 0 aromatic carbocycles. The van der Waals surface area contributed by atoms with Crippen molar-refractivity contribution < 1.29 is 13.2 Å². The highest BCUT2D eigenvalue weighted by atomic mass is 32.2. The van der Waals surface area contributed by atoms with Gasteiger partial charge in [-0.15, -0.1) is 11.3 Å². The number of amides is 1. The molecule has 1 aromatic heterocycles. The average Bonchev–Trinajstić information content (AvgIpc) is 3.04. The number of carbonyl (C=O) groups is 1. The maximum absolute atomic E-state index is 12.2. The van der Waals surface area contributed by atoms with Gasteiger partial charge in [0.1, 0.15) is 0 Å². The Labute approximate surface area is 135 Å². The van der Waals surface area contributed by atoms with E-state index in [-0.39, 0.29) is 23.5 Å². The lowest BCUT2D eigenvalue weighted by atomic mass is 9.98. The molecule has 1 aromatic rings. The van der Waals surface area contributed by atoms with Crippen LogP contribution in [0.3, 0.4) is 0 Å². The Kier molecular flexibility index (Phi) is 4.56. The number of nitrogens with zero attached hydrogens (tertiary/aromatic N) is 1. The molecule has 1 fully saturated rings. The summed E-state index contributed by atoms with van der Waals surface area (Å²) in [6, 6.07) is 2.26. The Bertz CT molecular complexity index is 653. The van der Waals surface area contributed by atoms with Gasteiger partial charge in [-0.3, -0.25) is 9.69 Å². The molecule has 5 nitrogen and oxygen atoms in total. The molecule has 0 aliphatic carbocycles. The van der Waals surface area contributed by atoms with Crippen LogP contribution in [0.4, 0.5) is 0 Å². The van der Waals surface area contributed by atoms with Crippen LogP contribution in [0, 0.1) is 0 Å². The monoisotopic (exact) mass is 342 g/mol. The van der Waals surface area contributed by atoms with E-state index in [1.54, 1.807) is 11.3 Å². The molecule has 0 unspecified atom stereocenters. The number of thiophene rings is 1. The third-order valence-corrected chi connectivity index (χ3v) is 7.30. The van der Waals surface area contributed by atoms with Crippen LogP contribution < -0.4 is 5.32 Å². The quantitative estimate of drug-likeness (QED) is 0.897. The predicted molar refractivity (Wildman–Crippen MR) is 87.8 cm³/mol. The summed E-state index contributed by atoms with van der Waals surface area (Å²) in [6.45, 7) is 3.39. The molecule has 22 heavy (non-hydrogen) atoms. The first-order chi connectivity index (χ1) is 10.5. The molecule has 1 N–H and O–H groups in total. The van der Waals surface area contributed by atoms with Crippen molar-refractivity contribution in [3.05, 3.63) is 21.9 Å². The second-order valence-electron chi connectivity index (χ2n) is 6.11. The van der Waals surface area contributed by atoms with Crippen LogP contribution >= 0.6 is 11.3 Å². The minimum Gasteiger partial charge on any atom is -0.351 e. The number of nitrogens with one attached hydrogen (secondary N) is 1. The summed E-state index contributed by atoms with van der Waals surface area (Å²) >= 11 is 1.80. The van der Waals surface area contributed by atoms with E-state index in [0.29, 0.717) is 19.0 Å². The summed E-state index contributed by atoms with van der Waals surface area (Å²) in [7, 11) is -2.95. The Morgan fingerprint density at radius 2 is 2.32 bits per heavy atom. The van der Waals surface area contributed by atoms with Gasteiger partial charge in [0.05, 0.1) is 18.1 Å². The van der Waals surface area contributed by atoms with Crippen LogP contribution in [-0.2, 0) is 21.1 Å². The van der Waals surface area contributed by atoms with E-state index >= 15 is 0 Å². The zero-order valence-electron chi connectivity index (χ0n) is 12.7. The second-order valence-corrected chi connectivity index (χ2v) is 9.34. The van der Waals surface area contributed by atoms with Gasteiger partial charge < -0.3 is 5.32 Å². The van der Waals surface area contributed by atoms with Crippen molar-refractivity contribution in [2.45, 2.75) is 38.3 Å². The Morgan fingerprint density at radius 3 is 3.00 bits per heavy atom. The van der Waals surface area contributed by atoms with Gasteiger partial charge >= 0.3 is 0 Å². The lowest BCUT2D eigenvalue weighted by Crippen LogP contribution is -2.45. The summed E-state index contributed by atoms with van der Waals surface area (Å²) in [5, 5.41) is 5.01. The molecule has 1 saturated heterocycles. The van der Waals surface area contributed by atoms with Crippen molar-refractivity contribution in [1.29, 1.82) is 0 Å². The fraction of sp³-hybridized carbons (Fsp3) is 0.667. The third kappa shape index (κ3) is 3.36. The number of hydrogen-bond donors (Lipinski definition) is 1. The number of sulfone groups is 1. The van der Waals surface area contributed by atoms with Gasteiger partial charge in [0.2, 0.25) is 5.91 Å². The SMILES string of the molecule is CC[C@@H]1c2ccsc2CCN1CC(=O)N[C@H]1CCS(=O)(=O)C1. The number of rotatable bonds is 4. The lowest BCUT2D eigenvalue weighted by Gasteiger charge is -2.35. The lowest BCUT2D eigenvalue weighted by molar-refractivity contribution is -0.123. The van der Waals surface area contributed by atoms with E-state index in [1.807, 2.05) is 0 Å². The molecule has 2 aliphatic rings. The van der Waals surface area contributed by atoms with Crippen LogP contribution in [0.15, 0.2) is 11.4 Å². The topological polar surface area (TPSA) is 66.5 Å². The van der Waals surface area contributed by atoms with Crippen molar-refractivity contribution in [3.63, 3.8) is 0 Å². The smallest absolute Gasteiger partial charge is 0.234 e. The fourth-order valence-corrected chi connectivity index (χ4v) is 6.08. The molecule has 0 saturated carbocycles. The first-order valence-corrected chi connectivity index (χ1v) is 10.5. The molecule has 2 aliphatic heterocycles. The third-order valence-electron chi connectivity index (χ3n) is 4.54. The minimum atomic E-state index is -2.95. The van der Waals surface area contributed by atoms with Crippen LogP contribution in [0.2, 0.25) is 0 Å². The van der Waals surface area contributed by atoms with Gasteiger partial charge in [0.15, 0.2) is 9.84 Å². The first kappa shape index (κ1) is 16.0. The van der Waals surface area contributed by atoms with Crippen molar-refractivity contribution in [3.8, 4) is 0 Å². The maximum atomic E-state index is 12.2. The maximum Gasteiger partial charge on any atom is 0.234 e. The number of carbonyl (C=O) groups excluding carboxylic acids is 1. The second kappa shape index (κ2) is 6.29. The van der Waals surface area contributed by atoms with E-state index in [0.717, 1.165) is 19.4 Å². The average molecular weight is 342 g/mol. The number of hydrogen-bond acceptors (Lipinski definition) is 5. The van der Waals surface area contributed by atoms with Crippen molar-refractivity contribution >= 4 is 27.1 Å². The largest absolute Gasteiger partial charge is 0.351 e. The molecule has 0 radical (unpaired) electrons. The molecule has 2 atom stereocenters. The van der Waals surface area contributed by atoms with Gasteiger partial charge in [-0.05, 0) is 36.3 Å². The van der Waals surface area contributed by atoms with Crippen molar-refractivity contribution in [2.24, 2.45) is 0 Å². The molecule has 3 rings (SSSR count). The van der Waals surface area contributed by atoms with Gasteiger partial charge in [-0.2, -0.15) is 0 Å². The predicted octanol–water partition coefficient (Wildman–Crippen LogP) is 1.36. The molecular weight excluding hydrogens is 320 g/mol. The Balaban J connectivity index is 1.60. The molecule has 0 bridgehead atoms. The van der Waals surface area contributed by atoms with Crippen LogP contribution in [-0.4, -0.2) is 49.9 Å². The summed E-state index contributed by atoms with van der Waals surface area (Å²) < 4.78 is 22.9. The summed E-state index contributed by atoms with van der Waals surface area (Å²) in [6.07, 6.45) is 2.52. The summed E-state index contributed by atoms with van der Waals surface area (Å²) in [5.41, 5.74) is 1.36. The van der Waals surface area contributed by atoms with Gasteiger partial charge in [-0.25, -0.2) is 8.42 Å². The standard InChI is InChI=1S/C15H22N2O3S2/c1-2-13-12-4-7-21-14(12)3-6-17(13)9-15(18)16-11-5-8-22(19,20)10-11/h4,7,11,13H,2-3,5-6,8-10H2,1H3,(H,16,18)/t11-,13+/m0/s1. The number of fused-ring (bicyclic) bond motifs is 1. The highest BCUT2D eigenvalue weighted by Crippen LogP contribution is 2.34. The Hall–Kier alpha value is -0.920. The zero-order valence-corrected chi connectivity index (χ0v) is 14.4. The van der Waals surface area contributed by atoms with Gasteiger partial charge in [-0.1, -0.05) is 6.92 Å². The molecule has 1 amide bonds. The van der Waals surface area contributed by atoms with Crippen molar-refractivity contribution in [1.82, 2.24) is 10.2 Å². The normalized spacial score (nSPS) is 27.5. The van der Waals surface area contributed by atoms with Crippen LogP contribution in [0.1, 0.15) is 36.2 Å². The zero-order chi connectivity index (χ0) is 15.7. The van der Waals surface area contributed by atoms with Gasteiger partial charge in [0.25, 0.3) is 0 Å². The van der Waals surface area contributed by atoms with Crippen LogP contribution in [0.5, 0.6) is 0 Å². The van der Waals surface area contributed by atoms with E-state index < -0.39 is 9.84 Å². The highest BCUT2D eigenvalue weighted by Gasteiger charge is 2.31. The highest BCUT2D eigenvalue weighted by molar-refractivity contribution is 7.91. The van der Waals surface area contributed by atoms with E-state index in [4.69, 9.17) is 0 Å². The van der Waals surface area contributed by atoms with Crippen molar-refractivity contribution in [2.75, 3.05) is 24.6 Å². The van der Waals surface area contributed by atoms with E-state index in [2.05, 4.69) is 28.6 Å². The Morgan fingerprint density at radius 1 is 1.50 bits per heavy atom. The van der Waals surface area contributed by atoms with Crippen LogP contribution in [0.25, 0.3) is 0 Å². The van der Waals surface area contributed by atoms with E-state index in [1.165, 1.54) is 10.4 Å². The minimum absolute atomic E-state index is 0.0563. The molecule has 122 valence electrons. The molecule has 3 heterocycles. The molecule has 7 heteroatoms.